The summed E-state index contributed by atoms with van der Waals surface area (Å²) < 4.78 is 29.0. The molecule has 1 N–H and O–H groups in total. The van der Waals surface area contributed by atoms with Gasteiger partial charge in [-0.3, -0.25) is 13.9 Å². The van der Waals surface area contributed by atoms with E-state index in [4.69, 9.17) is 11.6 Å². The molecule has 1 saturated carbocycles. The molecule has 0 aromatic heterocycles. The van der Waals surface area contributed by atoms with Crippen molar-refractivity contribution in [2.75, 3.05) is 10.8 Å². The number of benzene rings is 3. The number of carbonyl (C=O) groups is 2. The normalized spacial score (nSPS) is 14.4. The van der Waals surface area contributed by atoms with Crippen molar-refractivity contribution >= 4 is 39.1 Å². The number of para-hydroxylation sites is 1. The van der Waals surface area contributed by atoms with E-state index in [1.54, 1.807) is 36.4 Å². The van der Waals surface area contributed by atoms with Gasteiger partial charge in [-0.05, 0) is 62.9 Å². The van der Waals surface area contributed by atoms with E-state index in [0.717, 1.165) is 46.7 Å². The van der Waals surface area contributed by atoms with Gasteiger partial charge in [-0.2, -0.15) is 0 Å². The van der Waals surface area contributed by atoms with Crippen molar-refractivity contribution in [3.63, 3.8) is 0 Å². The van der Waals surface area contributed by atoms with Crippen LogP contribution >= 0.6 is 11.6 Å². The molecule has 1 aliphatic rings. The fraction of sp³-hybridized carbons (Fsp3) is 0.375. The van der Waals surface area contributed by atoms with Gasteiger partial charge in [0.15, 0.2) is 0 Å². The van der Waals surface area contributed by atoms with Crippen LogP contribution in [0.25, 0.3) is 0 Å². The van der Waals surface area contributed by atoms with Gasteiger partial charge in [0.05, 0.1) is 15.6 Å². The molecule has 0 aliphatic heterocycles. The smallest absolute Gasteiger partial charge is 0.264 e. The minimum Gasteiger partial charge on any atom is -0.352 e. The zero-order chi connectivity index (χ0) is 29.6. The van der Waals surface area contributed by atoms with Crippen molar-refractivity contribution in [1.29, 1.82) is 0 Å². The highest BCUT2D eigenvalue weighted by molar-refractivity contribution is 7.92. The fourth-order valence-electron chi connectivity index (χ4n) is 5.30. The first-order valence-corrected chi connectivity index (χ1v) is 15.9. The topological polar surface area (TPSA) is 86.8 Å². The van der Waals surface area contributed by atoms with Gasteiger partial charge in [0.2, 0.25) is 11.8 Å². The quantitative estimate of drug-likeness (QED) is 0.294. The summed E-state index contributed by atoms with van der Waals surface area (Å²) in [5.41, 5.74) is 2.99. The van der Waals surface area contributed by atoms with Gasteiger partial charge in [-0.1, -0.05) is 91.0 Å². The average molecular weight is 596 g/mol. The molecule has 9 heteroatoms. The van der Waals surface area contributed by atoms with Gasteiger partial charge in [0, 0.05) is 12.6 Å². The molecule has 0 saturated heterocycles. The molecule has 1 aliphatic carbocycles. The van der Waals surface area contributed by atoms with Crippen LogP contribution in [-0.4, -0.2) is 43.8 Å². The highest BCUT2D eigenvalue weighted by Crippen LogP contribution is 2.31. The number of hydrogen-bond donors (Lipinski definition) is 1. The monoisotopic (exact) mass is 595 g/mol. The van der Waals surface area contributed by atoms with E-state index in [9.17, 15) is 18.0 Å². The number of anilines is 1. The van der Waals surface area contributed by atoms with Gasteiger partial charge in [0.1, 0.15) is 12.6 Å². The van der Waals surface area contributed by atoms with Crippen LogP contribution in [0.1, 0.15) is 55.7 Å². The molecule has 41 heavy (non-hydrogen) atoms. The summed E-state index contributed by atoms with van der Waals surface area (Å²) in [6.07, 6.45) is 4.35. The summed E-state index contributed by atoms with van der Waals surface area (Å²) in [7, 11) is -4.17. The Hall–Kier alpha value is -3.36. The number of sulfonamides is 1. The number of hydrogen-bond acceptors (Lipinski definition) is 4. The first kappa shape index (κ1) is 30.6. The second-order valence-corrected chi connectivity index (χ2v) is 13.0. The zero-order valence-corrected chi connectivity index (χ0v) is 25.4. The highest BCUT2D eigenvalue weighted by Gasteiger charge is 2.35. The van der Waals surface area contributed by atoms with Crippen molar-refractivity contribution in [2.45, 2.75) is 76.4 Å². The Morgan fingerprint density at radius 3 is 2.27 bits per heavy atom. The molecule has 0 radical (unpaired) electrons. The van der Waals surface area contributed by atoms with Crippen LogP contribution in [0.4, 0.5) is 5.69 Å². The number of carbonyl (C=O) groups excluding carboxylic acids is 2. The maximum atomic E-state index is 14.2. The van der Waals surface area contributed by atoms with Gasteiger partial charge in [0.25, 0.3) is 10.0 Å². The van der Waals surface area contributed by atoms with Crippen LogP contribution in [0.2, 0.25) is 5.02 Å². The number of aryl methyl sites for hydroxylation is 2. The fourth-order valence-corrected chi connectivity index (χ4v) is 7.02. The summed E-state index contributed by atoms with van der Waals surface area (Å²) >= 11 is 6.49. The number of rotatable bonds is 11. The van der Waals surface area contributed by atoms with E-state index in [0.29, 0.717) is 6.42 Å². The number of halogens is 1. The van der Waals surface area contributed by atoms with Crippen LogP contribution in [0.15, 0.2) is 77.7 Å². The maximum absolute atomic E-state index is 14.2. The van der Waals surface area contributed by atoms with Crippen LogP contribution in [0.3, 0.4) is 0 Å². The molecule has 1 unspecified atom stereocenters. The standard InChI is InChI=1S/C32H38ClN3O4S/c1-4-29(32(38)34-26-12-5-6-13-26)35(21-25-11-9-10-24(3)20-25)31(37)22-36(30-15-8-7-14-28(30)33)41(39,40)27-18-16-23(2)17-19-27/h7-11,14-20,26,29H,4-6,12-13,21-22H2,1-3H3,(H,34,38). The Kier molecular flexibility index (Phi) is 10.1. The van der Waals surface area contributed by atoms with E-state index in [-0.39, 0.29) is 34.1 Å². The Balaban J connectivity index is 1.72. The number of nitrogens with one attached hydrogen (secondary N) is 1. The van der Waals surface area contributed by atoms with E-state index in [1.807, 2.05) is 45.0 Å². The third kappa shape index (κ3) is 7.49. The van der Waals surface area contributed by atoms with Gasteiger partial charge in [-0.15, -0.1) is 0 Å². The lowest BCUT2D eigenvalue weighted by Crippen LogP contribution is -2.53. The summed E-state index contributed by atoms with van der Waals surface area (Å²) in [6.45, 7) is 5.35. The van der Waals surface area contributed by atoms with Crippen molar-refractivity contribution < 1.29 is 18.0 Å². The summed E-state index contributed by atoms with van der Waals surface area (Å²) in [4.78, 5) is 29.3. The molecule has 0 spiro atoms. The Morgan fingerprint density at radius 2 is 1.63 bits per heavy atom. The molecule has 3 aromatic carbocycles. The van der Waals surface area contributed by atoms with Gasteiger partial charge < -0.3 is 10.2 Å². The second-order valence-electron chi connectivity index (χ2n) is 10.7. The average Bonchev–Trinajstić information content (AvgIpc) is 3.45. The summed E-state index contributed by atoms with van der Waals surface area (Å²) in [5, 5.41) is 3.33. The lowest BCUT2D eigenvalue weighted by molar-refractivity contribution is -0.140. The molecule has 3 aromatic rings. The molecular weight excluding hydrogens is 558 g/mol. The van der Waals surface area contributed by atoms with Crippen molar-refractivity contribution in [1.82, 2.24) is 10.2 Å². The lowest BCUT2D eigenvalue weighted by Gasteiger charge is -2.34. The first-order chi connectivity index (χ1) is 19.6. The predicted octanol–water partition coefficient (Wildman–Crippen LogP) is 6.02. The molecule has 7 nitrogen and oxygen atoms in total. The third-order valence-corrected chi connectivity index (χ3v) is 9.63. The van der Waals surface area contributed by atoms with Crippen molar-refractivity contribution in [2.24, 2.45) is 0 Å². The van der Waals surface area contributed by atoms with Crippen LogP contribution in [-0.2, 0) is 26.2 Å². The lowest BCUT2D eigenvalue weighted by atomic mass is 10.1. The van der Waals surface area contributed by atoms with Crippen molar-refractivity contribution in [3.05, 3.63) is 94.5 Å². The maximum Gasteiger partial charge on any atom is 0.264 e. The van der Waals surface area contributed by atoms with Crippen LogP contribution in [0.5, 0.6) is 0 Å². The van der Waals surface area contributed by atoms with E-state index in [1.165, 1.54) is 17.0 Å². The van der Waals surface area contributed by atoms with Gasteiger partial charge in [-0.25, -0.2) is 8.42 Å². The second kappa shape index (κ2) is 13.5. The van der Waals surface area contributed by atoms with Crippen molar-refractivity contribution in [3.8, 4) is 0 Å². The molecule has 0 bridgehead atoms. The minimum absolute atomic E-state index is 0.0482. The predicted molar refractivity (Wildman–Crippen MR) is 163 cm³/mol. The molecule has 2 amide bonds. The minimum atomic E-state index is -4.17. The Labute approximate surface area is 248 Å². The number of nitrogens with zero attached hydrogens (tertiary/aromatic N) is 2. The molecule has 0 heterocycles. The molecule has 218 valence electrons. The van der Waals surface area contributed by atoms with E-state index < -0.39 is 28.5 Å². The molecule has 1 fully saturated rings. The highest BCUT2D eigenvalue weighted by atomic mass is 35.5. The number of amides is 2. The Morgan fingerprint density at radius 1 is 0.951 bits per heavy atom. The summed E-state index contributed by atoms with van der Waals surface area (Å²) in [5.74, 6) is -0.707. The molecule has 1 atom stereocenters. The van der Waals surface area contributed by atoms with E-state index >= 15 is 0 Å². The SMILES string of the molecule is CCC(C(=O)NC1CCCC1)N(Cc1cccc(C)c1)C(=O)CN(c1ccccc1Cl)S(=O)(=O)c1ccc(C)cc1. The van der Waals surface area contributed by atoms with Crippen LogP contribution in [0, 0.1) is 13.8 Å². The third-order valence-electron chi connectivity index (χ3n) is 7.53. The molecule has 4 rings (SSSR count). The van der Waals surface area contributed by atoms with Gasteiger partial charge >= 0.3 is 0 Å². The zero-order valence-electron chi connectivity index (χ0n) is 23.8. The van der Waals surface area contributed by atoms with E-state index in [2.05, 4.69) is 5.32 Å². The Bertz CT molecular complexity index is 1470. The largest absolute Gasteiger partial charge is 0.352 e. The first-order valence-electron chi connectivity index (χ1n) is 14.1. The summed E-state index contributed by atoms with van der Waals surface area (Å²) in [6, 6.07) is 20.1. The van der Waals surface area contributed by atoms with Crippen LogP contribution < -0.4 is 9.62 Å². The molecular formula is C32H38ClN3O4S.